The fourth-order valence-electron chi connectivity index (χ4n) is 3.62. The first kappa shape index (κ1) is 17.5. The van der Waals surface area contributed by atoms with Gasteiger partial charge in [-0.25, -0.2) is 0 Å². The first-order valence-electron chi connectivity index (χ1n) is 9.07. The van der Waals surface area contributed by atoms with E-state index in [-0.39, 0.29) is 12.5 Å². The maximum Gasteiger partial charge on any atom is 0.246 e. The number of hydrogen-bond donors (Lipinski definition) is 0. The Morgan fingerprint density at radius 1 is 1.20 bits per heavy atom. The molecule has 0 N–H and O–H groups in total. The molecule has 3 rings (SSSR count). The van der Waals surface area contributed by atoms with Crippen LogP contribution < -0.4 is 4.74 Å². The third-order valence-corrected chi connectivity index (χ3v) is 4.97. The summed E-state index contributed by atoms with van der Waals surface area (Å²) in [5, 5.41) is 8.51. The average molecular weight is 339 g/mol. The van der Waals surface area contributed by atoms with Crippen LogP contribution in [-0.4, -0.2) is 54.5 Å². The Hall–Kier alpha value is -2.32. The Morgan fingerprint density at radius 3 is 2.68 bits per heavy atom. The highest BCUT2D eigenvalue weighted by molar-refractivity contribution is 5.91. The van der Waals surface area contributed by atoms with Crippen LogP contribution in [0.2, 0.25) is 0 Å². The van der Waals surface area contributed by atoms with E-state index in [2.05, 4.69) is 4.90 Å². The molecule has 132 valence electrons. The number of rotatable bonds is 5. The van der Waals surface area contributed by atoms with Crippen LogP contribution in [0, 0.1) is 11.3 Å². The summed E-state index contributed by atoms with van der Waals surface area (Å²) in [5.41, 5.74) is 0.950. The van der Waals surface area contributed by atoms with Crippen molar-refractivity contribution in [1.82, 2.24) is 9.80 Å². The van der Waals surface area contributed by atoms with Gasteiger partial charge >= 0.3 is 0 Å². The van der Waals surface area contributed by atoms with Gasteiger partial charge in [-0.15, -0.1) is 0 Å². The summed E-state index contributed by atoms with van der Waals surface area (Å²) >= 11 is 0. The quantitative estimate of drug-likeness (QED) is 0.774. The predicted octanol–water partition coefficient (Wildman–Crippen LogP) is 2.69. The Bertz CT molecular complexity index is 642. The van der Waals surface area contributed by atoms with Gasteiger partial charge in [-0.1, -0.05) is 12.1 Å². The van der Waals surface area contributed by atoms with Crippen molar-refractivity contribution in [3.63, 3.8) is 0 Å². The molecule has 1 atom stereocenters. The second kappa shape index (κ2) is 8.68. The van der Waals surface area contributed by atoms with E-state index in [4.69, 9.17) is 10.00 Å². The molecule has 0 unspecified atom stereocenters. The van der Waals surface area contributed by atoms with Crippen LogP contribution >= 0.6 is 0 Å². The summed E-state index contributed by atoms with van der Waals surface area (Å²) in [6.45, 7) is 4.12. The van der Waals surface area contributed by atoms with E-state index in [0.29, 0.717) is 11.8 Å². The first-order chi connectivity index (χ1) is 12.3. The smallest absolute Gasteiger partial charge is 0.246 e. The van der Waals surface area contributed by atoms with E-state index in [1.54, 1.807) is 6.08 Å². The fraction of sp³-hybridized carbons (Fsp3) is 0.500. The first-order valence-corrected chi connectivity index (χ1v) is 9.07. The fourth-order valence-corrected chi connectivity index (χ4v) is 3.62. The van der Waals surface area contributed by atoms with Crippen molar-refractivity contribution in [2.75, 3.05) is 32.8 Å². The number of hydrogen-bond acceptors (Lipinski definition) is 4. The Morgan fingerprint density at radius 2 is 1.96 bits per heavy atom. The summed E-state index contributed by atoms with van der Waals surface area (Å²) in [5.74, 6) is 0.753. The molecule has 0 aliphatic carbocycles. The Balaban J connectivity index is 1.53. The largest absolute Gasteiger partial charge is 0.479 e. The van der Waals surface area contributed by atoms with Gasteiger partial charge in [0.15, 0.2) is 6.61 Å². The van der Waals surface area contributed by atoms with Crippen LogP contribution in [0.15, 0.2) is 30.3 Å². The van der Waals surface area contributed by atoms with Crippen molar-refractivity contribution in [1.29, 1.82) is 5.26 Å². The highest BCUT2D eigenvalue weighted by Gasteiger charge is 2.28. The SMILES string of the molecule is N#CCOc1ccc(/C=C/C(=O)N2CCC[C@@H](N3CCCC3)C2)cc1. The van der Waals surface area contributed by atoms with E-state index < -0.39 is 0 Å². The molecule has 2 aliphatic heterocycles. The second-order valence-corrected chi connectivity index (χ2v) is 6.67. The minimum absolute atomic E-state index is 0.0425. The minimum atomic E-state index is 0.0425. The van der Waals surface area contributed by atoms with E-state index in [0.717, 1.165) is 25.1 Å². The van der Waals surface area contributed by atoms with Crippen LogP contribution in [0.3, 0.4) is 0 Å². The van der Waals surface area contributed by atoms with Gasteiger partial charge < -0.3 is 9.64 Å². The normalized spacial score (nSPS) is 21.4. The molecule has 2 aliphatic rings. The number of amides is 1. The molecule has 1 aromatic rings. The molecule has 2 heterocycles. The van der Waals surface area contributed by atoms with Crippen molar-refractivity contribution in [2.24, 2.45) is 0 Å². The number of piperidine rings is 1. The molecule has 5 nitrogen and oxygen atoms in total. The van der Waals surface area contributed by atoms with E-state index in [1.807, 2.05) is 41.3 Å². The van der Waals surface area contributed by atoms with E-state index in [1.165, 1.54) is 32.4 Å². The van der Waals surface area contributed by atoms with Crippen LogP contribution in [0.25, 0.3) is 6.08 Å². The van der Waals surface area contributed by atoms with Gasteiger partial charge in [0.25, 0.3) is 0 Å². The number of nitriles is 1. The standard InChI is InChI=1S/C20H25N3O2/c21-11-15-25-19-8-5-17(6-9-19)7-10-20(24)23-14-3-4-18(16-23)22-12-1-2-13-22/h5-10,18H,1-4,12-16H2/b10-7+/t18-/m1/s1. The van der Waals surface area contributed by atoms with Crippen molar-refractivity contribution in [3.8, 4) is 11.8 Å². The zero-order valence-electron chi connectivity index (χ0n) is 14.6. The molecule has 1 amide bonds. The molecule has 2 fully saturated rings. The third kappa shape index (κ3) is 4.83. The summed E-state index contributed by atoms with van der Waals surface area (Å²) < 4.78 is 5.23. The third-order valence-electron chi connectivity index (χ3n) is 4.97. The van der Waals surface area contributed by atoms with Crippen molar-refractivity contribution in [2.45, 2.75) is 31.7 Å². The molecule has 1 aromatic carbocycles. The molecule has 0 saturated carbocycles. The molecule has 0 bridgehead atoms. The van der Waals surface area contributed by atoms with E-state index in [9.17, 15) is 4.79 Å². The molecular weight excluding hydrogens is 314 g/mol. The lowest BCUT2D eigenvalue weighted by Gasteiger charge is -2.37. The monoisotopic (exact) mass is 339 g/mol. The van der Waals surface area contributed by atoms with Crippen LogP contribution in [0.1, 0.15) is 31.2 Å². The van der Waals surface area contributed by atoms with Gasteiger partial charge in [0.1, 0.15) is 11.8 Å². The van der Waals surface area contributed by atoms with Gasteiger partial charge in [-0.3, -0.25) is 9.69 Å². The predicted molar refractivity (Wildman–Crippen MR) is 97.0 cm³/mol. The lowest BCUT2D eigenvalue weighted by Crippen LogP contribution is -2.48. The Kier molecular flexibility index (Phi) is 6.08. The number of ether oxygens (including phenoxy) is 1. The van der Waals surface area contributed by atoms with Crippen molar-refractivity contribution < 1.29 is 9.53 Å². The number of carbonyl (C=O) groups excluding carboxylic acids is 1. The lowest BCUT2D eigenvalue weighted by atomic mass is 10.0. The number of benzene rings is 1. The molecule has 0 spiro atoms. The summed E-state index contributed by atoms with van der Waals surface area (Å²) in [6, 6.07) is 9.87. The van der Waals surface area contributed by atoms with Gasteiger partial charge in [-0.2, -0.15) is 5.26 Å². The highest BCUT2D eigenvalue weighted by Crippen LogP contribution is 2.21. The van der Waals surface area contributed by atoms with Gasteiger partial charge in [0.2, 0.25) is 5.91 Å². The molecule has 0 radical (unpaired) electrons. The zero-order valence-corrected chi connectivity index (χ0v) is 14.6. The topological polar surface area (TPSA) is 56.6 Å². The van der Waals surface area contributed by atoms with Gasteiger partial charge in [-0.05, 0) is 62.5 Å². The van der Waals surface area contributed by atoms with Crippen LogP contribution in [0.5, 0.6) is 5.75 Å². The molecule has 25 heavy (non-hydrogen) atoms. The maximum absolute atomic E-state index is 12.5. The minimum Gasteiger partial charge on any atom is -0.479 e. The number of carbonyl (C=O) groups is 1. The van der Waals surface area contributed by atoms with Gasteiger partial charge in [0, 0.05) is 25.2 Å². The number of nitrogens with zero attached hydrogens (tertiary/aromatic N) is 3. The van der Waals surface area contributed by atoms with Crippen molar-refractivity contribution in [3.05, 3.63) is 35.9 Å². The van der Waals surface area contributed by atoms with Crippen LogP contribution in [0.4, 0.5) is 0 Å². The molecule has 5 heteroatoms. The average Bonchev–Trinajstić information content (AvgIpc) is 3.20. The highest BCUT2D eigenvalue weighted by atomic mass is 16.5. The summed E-state index contributed by atoms with van der Waals surface area (Å²) in [6.07, 6.45) is 8.38. The van der Waals surface area contributed by atoms with Crippen molar-refractivity contribution >= 4 is 12.0 Å². The zero-order chi connectivity index (χ0) is 17.5. The summed E-state index contributed by atoms with van der Waals surface area (Å²) in [7, 11) is 0. The summed E-state index contributed by atoms with van der Waals surface area (Å²) in [4.78, 5) is 17.0. The number of likely N-dealkylation sites (tertiary alicyclic amines) is 2. The van der Waals surface area contributed by atoms with E-state index >= 15 is 0 Å². The molecule has 0 aromatic heterocycles. The second-order valence-electron chi connectivity index (χ2n) is 6.67. The Labute approximate surface area is 149 Å². The van der Waals surface area contributed by atoms with Gasteiger partial charge in [0.05, 0.1) is 0 Å². The van der Waals surface area contributed by atoms with Crippen LogP contribution in [-0.2, 0) is 4.79 Å². The molecular formula is C20H25N3O2. The molecule has 2 saturated heterocycles. The maximum atomic E-state index is 12.5. The lowest BCUT2D eigenvalue weighted by molar-refractivity contribution is -0.127.